The van der Waals surface area contributed by atoms with Crippen LogP contribution in [0.5, 0.6) is 0 Å². The van der Waals surface area contributed by atoms with Crippen LogP contribution < -0.4 is 10.2 Å². The Labute approximate surface area is 177 Å². The van der Waals surface area contributed by atoms with Gasteiger partial charge in [-0.05, 0) is 74.6 Å². The molecule has 1 amide bonds. The maximum Gasteiger partial charge on any atom is 0.266 e. The molecule has 1 aliphatic heterocycles. The second-order valence-corrected chi connectivity index (χ2v) is 8.49. The van der Waals surface area contributed by atoms with Gasteiger partial charge in [0.1, 0.15) is 11.6 Å². The fourth-order valence-corrected chi connectivity index (χ4v) is 4.47. The first-order chi connectivity index (χ1) is 13.8. The largest absolute Gasteiger partial charge is 0.366 e. The van der Waals surface area contributed by atoms with Crippen LogP contribution >= 0.6 is 11.6 Å². The van der Waals surface area contributed by atoms with E-state index in [9.17, 15) is 10.1 Å². The maximum atomic E-state index is 12.5. The Morgan fingerprint density at radius 2 is 2.03 bits per heavy atom. The highest BCUT2D eigenvalue weighted by atomic mass is 35.5. The van der Waals surface area contributed by atoms with Gasteiger partial charge in [0.25, 0.3) is 5.91 Å². The lowest BCUT2D eigenvalue weighted by atomic mass is 9.79. The average Bonchev–Trinajstić information content (AvgIpc) is 2.67. The van der Waals surface area contributed by atoms with Crippen molar-refractivity contribution in [2.24, 2.45) is 0 Å². The van der Waals surface area contributed by atoms with E-state index in [2.05, 4.69) is 37.9 Å². The zero-order valence-corrected chi connectivity index (χ0v) is 18.0. The van der Waals surface area contributed by atoms with Gasteiger partial charge in [-0.25, -0.2) is 0 Å². The first kappa shape index (κ1) is 21.0. The summed E-state index contributed by atoms with van der Waals surface area (Å²) in [6.07, 6.45) is 2.60. The van der Waals surface area contributed by atoms with Crippen molar-refractivity contribution >= 4 is 35.0 Å². The summed E-state index contributed by atoms with van der Waals surface area (Å²) < 4.78 is 0. The minimum absolute atomic E-state index is 0.0202. The van der Waals surface area contributed by atoms with Crippen LogP contribution in [-0.2, 0) is 4.79 Å². The minimum atomic E-state index is -0.447. The van der Waals surface area contributed by atoms with E-state index in [4.69, 9.17) is 11.6 Å². The van der Waals surface area contributed by atoms with Gasteiger partial charge >= 0.3 is 0 Å². The van der Waals surface area contributed by atoms with E-state index in [-0.39, 0.29) is 11.1 Å². The van der Waals surface area contributed by atoms with Gasteiger partial charge in [0, 0.05) is 28.5 Å². The Hall–Kier alpha value is -2.77. The van der Waals surface area contributed by atoms with Gasteiger partial charge in [-0.2, -0.15) is 5.26 Å². The normalized spacial score (nSPS) is 18.0. The summed E-state index contributed by atoms with van der Waals surface area (Å²) in [6.45, 7) is 9.74. The third-order valence-corrected chi connectivity index (χ3v) is 5.84. The number of nitrogens with zero attached hydrogens (tertiary/aromatic N) is 2. The Kier molecular flexibility index (Phi) is 6.00. The Bertz CT molecular complexity index is 989. The molecule has 1 unspecified atom stereocenters. The summed E-state index contributed by atoms with van der Waals surface area (Å²) in [5.41, 5.74) is 3.73. The summed E-state index contributed by atoms with van der Waals surface area (Å²) in [6, 6.07) is 15.1. The maximum absolute atomic E-state index is 12.5. The lowest BCUT2D eigenvalue weighted by molar-refractivity contribution is -0.112. The Morgan fingerprint density at radius 1 is 1.34 bits per heavy atom. The van der Waals surface area contributed by atoms with Gasteiger partial charge in [0.05, 0.1) is 0 Å². The minimum Gasteiger partial charge on any atom is -0.366 e. The Balaban J connectivity index is 1.98. The molecule has 0 saturated heterocycles. The van der Waals surface area contributed by atoms with Crippen molar-refractivity contribution in [3.8, 4) is 6.07 Å². The van der Waals surface area contributed by atoms with Crippen molar-refractivity contribution in [3.63, 3.8) is 0 Å². The predicted molar refractivity (Wildman–Crippen MR) is 120 cm³/mol. The number of benzene rings is 2. The monoisotopic (exact) mass is 407 g/mol. The van der Waals surface area contributed by atoms with Crippen LogP contribution in [0.15, 0.2) is 48.0 Å². The first-order valence-electron chi connectivity index (χ1n) is 9.86. The number of nitriles is 1. The molecule has 1 atom stereocenters. The number of para-hydroxylation sites is 1. The average molecular weight is 408 g/mol. The highest BCUT2D eigenvalue weighted by molar-refractivity contribution is 6.32. The number of hydrogen-bond acceptors (Lipinski definition) is 3. The lowest BCUT2D eigenvalue weighted by Gasteiger charge is -2.47. The molecule has 2 aromatic carbocycles. The number of carbonyl (C=O) groups is 1. The second kappa shape index (κ2) is 8.31. The number of halogens is 1. The van der Waals surface area contributed by atoms with Crippen molar-refractivity contribution in [1.29, 1.82) is 5.26 Å². The molecule has 0 bridgehead atoms. The number of hydrogen-bond donors (Lipinski definition) is 1. The van der Waals surface area contributed by atoms with Crippen LogP contribution in [0.25, 0.3) is 6.08 Å². The van der Waals surface area contributed by atoms with Gasteiger partial charge in [-0.1, -0.05) is 36.7 Å². The molecule has 1 N–H and O–H groups in total. The molecule has 0 saturated carbocycles. The topological polar surface area (TPSA) is 56.1 Å². The predicted octanol–water partition coefficient (Wildman–Crippen LogP) is 6.00. The molecule has 0 aliphatic carbocycles. The quantitative estimate of drug-likeness (QED) is 0.499. The molecule has 0 spiro atoms. The summed E-state index contributed by atoms with van der Waals surface area (Å²) in [7, 11) is 0. The number of carbonyl (C=O) groups excluding carboxylic acids is 1. The molecule has 0 radical (unpaired) electrons. The molecule has 5 heteroatoms. The molecule has 4 nitrogen and oxygen atoms in total. The molecule has 2 aromatic rings. The highest BCUT2D eigenvalue weighted by Gasteiger charge is 2.35. The molecular formula is C24H26ClN3O. The number of fused-ring (bicyclic) bond motifs is 1. The van der Waals surface area contributed by atoms with Crippen LogP contribution in [0.4, 0.5) is 11.4 Å². The molecule has 1 aliphatic rings. The summed E-state index contributed by atoms with van der Waals surface area (Å²) in [5.74, 6) is -0.0900. The smallest absolute Gasteiger partial charge is 0.266 e. The van der Waals surface area contributed by atoms with Crippen molar-refractivity contribution in [3.05, 3.63) is 64.2 Å². The van der Waals surface area contributed by atoms with Crippen LogP contribution in [-0.4, -0.2) is 18.0 Å². The van der Waals surface area contributed by atoms with Gasteiger partial charge in [-0.3, -0.25) is 4.79 Å². The highest BCUT2D eigenvalue weighted by Crippen LogP contribution is 2.45. The van der Waals surface area contributed by atoms with Crippen molar-refractivity contribution < 1.29 is 4.79 Å². The van der Waals surface area contributed by atoms with E-state index in [0.717, 1.165) is 18.7 Å². The molecule has 3 rings (SSSR count). The van der Waals surface area contributed by atoms with E-state index in [1.54, 1.807) is 18.2 Å². The molecule has 0 aromatic heterocycles. The third-order valence-electron chi connectivity index (χ3n) is 5.52. The zero-order valence-electron chi connectivity index (χ0n) is 17.3. The zero-order chi connectivity index (χ0) is 21.2. The van der Waals surface area contributed by atoms with E-state index in [1.807, 2.05) is 36.4 Å². The Morgan fingerprint density at radius 3 is 2.66 bits per heavy atom. The summed E-state index contributed by atoms with van der Waals surface area (Å²) in [4.78, 5) is 14.9. The van der Waals surface area contributed by atoms with Gasteiger partial charge < -0.3 is 10.2 Å². The van der Waals surface area contributed by atoms with E-state index >= 15 is 0 Å². The molecular weight excluding hydrogens is 382 g/mol. The van der Waals surface area contributed by atoms with E-state index in [0.29, 0.717) is 22.2 Å². The van der Waals surface area contributed by atoms with Crippen LogP contribution in [0, 0.1) is 11.3 Å². The van der Waals surface area contributed by atoms with E-state index in [1.165, 1.54) is 5.56 Å². The van der Waals surface area contributed by atoms with Gasteiger partial charge in [0.15, 0.2) is 0 Å². The fourth-order valence-electron chi connectivity index (χ4n) is 4.25. The van der Waals surface area contributed by atoms with E-state index < -0.39 is 5.91 Å². The van der Waals surface area contributed by atoms with Crippen molar-refractivity contribution in [2.45, 2.75) is 45.6 Å². The van der Waals surface area contributed by atoms with Crippen LogP contribution in [0.2, 0.25) is 5.02 Å². The number of nitrogens with one attached hydrogen (secondary N) is 1. The molecule has 0 fully saturated rings. The number of anilines is 2. The summed E-state index contributed by atoms with van der Waals surface area (Å²) >= 11 is 6.58. The van der Waals surface area contributed by atoms with Gasteiger partial charge in [0.2, 0.25) is 0 Å². The van der Waals surface area contributed by atoms with Crippen LogP contribution in [0.3, 0.4) is 0 Å². The van der Waals surface area contributed by atoms with Gasteiger partial charge in [-0.15, -0.1) is 0 Å². The standard InChI is InChI=1S/C24H26ClN3O/c1-5-28-22-13-21(25)17(12-20(22)16(2)14-24(28,3)4)11-18(15-26)23(29)27-19-9-7-6-8-10-19/h6-13,16H,5,14H2,1-4H3,(H,27,29)/b18-11+. The van der Waals surface area contributed by atoms with Crippen LogP contribution in [0.1, 0.15) is 51.2 Å². The van der Waals surface area contributed by atoms with Crippen molar-refractivity contribution in [2.75, 3.05) is 16.8 Å². The SMILES string of the molecule is CCN1c2cc(Cl)c(/C=C(\C#N)C(=O)Nc3ccccc3)cc2C(C)CC1(C)C. The first-order valence-corrected chi connectivity index (χ1v) is 10.2. The van der Waals surface area contributed by atoms with Crippen molar-refractivity contribution in [1.82, 2.24) is 0 Å². The third kappa shape index (κ3) is 4.31. The second-order valence-electron chi connectivity index (χ2n) is 8.08. The molecule has 1 heterocycles. The fraction of sp³-hybridized carbons (Fsp3) is 0.333. The summed E-state index contributed by atoms with van der Waals surface area (Å²) in [5, 5.41) is 12.8. The number of amides is 1. The molecule has 29 heavy (non-hydrogen) atoms. The number of rotatable bonds is 4. The lowest BCUT2D eigenvalue weighted by Crippen LogP contribution is -2.48. The molecule has 150 valence electrons.